The van der Waals surface area contributed by atoms with E-state index in [9.17, 15) is 14.0 Å². The van der Waals surface area contributed by atoms with Crippen LogP contribution in [0.5, 0.6) is 0 Å². The summed E-state index contributed by atoms with van der Waals surface area (Å²) >= 11 is 0. The lowest BCUT2D eigenvalue weighted by atomic mass is 10.1. The highest BCUT2D eigenvalue weighted by atomic mass is 35.5. The van der Waals surface area contributed by atoms with Crippen LogP contribution in [0.2, 0.25) is 0 Å². The fourth-order valence-electron chi connectivity index (χ4n) is 3.04. The van der Waals surface area contributed by atoms with Gasteiger partial charge < -0.3 is 15.5 Å². The third-order valence-corrected chi connectivity index (χ3v) is 4.16. The van der Waals surface area contributed by atoms with Gasteiger partial charge >= 0.3 is 0 Å². The molecule has 0 spiro atoms. The minimum absolute atomic E-state index is 0. The Kier molecular flexibility index (Phi) is 8.32. The minimum atomic E-state index is -0.581. The summed E-state index contributed by atoms with van der Waals surface area (Å²) < 4.78 is 14.2. The molecule has 1 fully saturated rings. The van der Waals surface area contributed by atoms with E-state index in [0.29, 0.717) is 18.5 Å². The topological polar surface area (TPSA) is 61.4 Å². The van der Waals surface area contributed by atoms with Gasteiger partial charge in [-0.25, -0.2) is 4.39 Å². The average molecular weight is 372 g/mol. The molecule has 1 aliphatic heterocycles. The number of carbonyl (C=O) groups is 2. The summed E-state index contributed by atoms with van der Waals surface area (Å²) in [7, 11) is 1.86. The third kappa shape index (κ3) is 5.68. The molecule has 1 aromatic rings. The summed E-state index contributed by atoms with van der Waals surface area (Å²) in [6, 6.07) is 4.40. The van der Waals surface area contributed by atoms with Gasteiger partial charge in [0.05, 0.1) is 5.69 Å². The molecule has 0 radical (unpaired) electrons. The van der Waals surface area contributed by atoms with Gasteiger partial charge in [-0.3, -0.25) is 9.59 Å². The summed E-state index contributed by atoms with van der Waals surface area (Å²) in [6.07, 6.45) is 2.25. The third-order valence-electron chi connectivity index (χ3n) is 4.16. The first kappa shape index (κ1) is 21.4. The Morgan fingerprint density at radius 2 is 2.08 bits per heavy atom. The fourth-order valence-corrected chi connectivity index (χ4v) is 3.04. The molecule has 25 heavy (non-hydrogen) atoms. The number of nitrogens with zero attached hydrogens (tertiary/aromatic N) is 1. The smallest absolute Gasteiger partial charge is 0.254 e. The van der Waals surface area contributed by atoms with Crippen molar-refractivity contribution in [2.45, 2.75) is 39.2 Å². The minimum Gasteiger partial charge on any atom is -0.334 e. The molecule has 2 N–H and O–H groups in total. The Hall–Kier alpha value is -1.66. The van der Waals surface area contributed by atoms with Crippen LogP contribution >= 0.6 is 12.4 Å². The van der Waals surface area contributed by atoms with Gasteiger partial charge in [-0.1, -0.05) is 13.8 Å². The molecule has 0 bridgehead atoms. The van der Waals surface area contributed by atoms with Crippen molar-refractivity contribution in [3.8, 4) is 0 Å². The molecular formula is C18H27ClFN3O2. The van der Waals surface area contributed by atoms with Crippen LogP contribution in [0, 0.1) is 11.7 Å². The highest BCUT2D eigenvalue weighted by Gasteiger charge is 2.29. The van der Waals surface area contributed by atoms with Crippen LogP contribution in [0.25, 0.3) is 0 Å². The molecular weight excluding hydrogens is 345 g/mol. The van der Waals surface area contributed by atoms with E-state index in [0.717, 1.165) is 19.4 Å². The van der Waals surface area contributed by atoms with Crippen LogP contribution in [0.1, 0.15) is 43.5 Å². The van der Waals surface area contributed by atoms with Crippen LogP contribution in [0.4, 0.5) is 10.1 Å². The normalized spacial score (nSPS) is 16.7. The molecule has 5 nitrogen and oxygen atoms in total. The van der Waals surface area contributed by atoms with E-state index in [1.807, 2.05) is 20.9 Å². The van der Waals surface area contributed by atoms with E-state index in [1.165, 1.54) is 12.1 Å². The summed E-state index contributed by atoms with van der Waals surface area (Å²) in [5.41, 5.74) is 0.433. The molecule has 1 saturated heterocycles. The number of amides is 2. The van der Waals surface area contributed by atoms with Crippen LogP contribution in [0.3, 0.4) is 0 Å². The van der Waals surface area contributed by atoms with Crippen LogP contribution in [-0.4, -0.2) is 42.9 Å². The van der Waals surface area contributed by atoms with Crippen LogP contribution in [-0.2, 0) is 4.79 Å². The first-order valence-corrected chi connectivity index (χ1v) is 8.47. The number of benzene rings is 1. The van der Waals surface area contributed by atoms with Crippen molar-refractivity contribution in [3.63, 3.8) is 0 Å². The van der Waals surface area contributed by atoms with Crippen molar-refractivity contribution in [1.82, 2.24) is 10.2 Å². The van der Waals surface area contributed by atoms with Gasteiger partial charge in [-0.2, -0.15) is 0 Å². The van der Waals surface area contributed by atoms with E-state index in [4.69, 9.17) is 0 Å². The SMILES string of the molecule is CNCC1CCCN1C(=O)c1ccc(NC(=O)CC(C)C)c(F)c1.Cl. The molecule has 140 valence electrons. The molecule has 1 heterocycles. The first-order valence-electron chi connectivity index (χ1n) is 8.47. The molecule has 7 heteroatoms. The number of hydrogen-bond donors (Lipinski definition) is 2. The molecule has 0 aromatic heterocycles. The van der Waals surface area contributed by atoms with E-state index in [-0.39, 0.29) is 41.9 Å². The van der Waals surface area contributed by atoms with Crippen molar-refractivity contribution in [1.29, 1.82) is 0 Å². The number of carbonyl (C=O) groups excluding carboxylic acids is 2. The molecule has 1 aromatic carbocycles. The highest BCUT2D eigenvalue weighted by molar-refractivity contribution is 5.96. The average Bonchev–Trinajstić information content (AvgIpc) is 2.96. The van der Waals surface area contributed by atoms with E-state index in [2.05, 4.69) is 10.6 Å². The molecule has 0 saturated carbocycles. The molecule has 0 aliphatic carbocycles. The van der Waals surface area contributed by atoms with Gasteiger partial charge in [0.25, 0.3) is 5.91 Å². The van der Waals surface area contributed by atoms with Crippen molar-refractivity contribution < 1.29 is 14.0 Å². The zero-order valence-corrected chi connectivity index (χ0v) is 15.8. The van der Waals surface area contributed by atoms with Crippen molar-refractivity contribution in [2.75, 3.05) is 25.5 Å². The van der Waals surface area contributed by atoms with E-state index in [1.54, 1.807) is 11.0 Å². The number of nitrogens with one attached hydrogen (secondary N) is 2. The Balaban J connectivity index is 0.00000312. The Morgan fingerprint density at radius 1 is 1.36 bits per heavy atom. The quantitative estimate of drug-likeness (QED) is 0.807. The molecule has 1 aliphatic rings. The number of likely N-dealkylation sites (N-methyl/N-ethyl adjacent to an activating group) is 1. The van der Waals surface area contributed by atoms with E-state index >= 15 is 0 Å². The van der Waals surface area contributed by atoms with Crippen LogP contribution < -0.4 is 10.6 Å². The van der Waals surface area contributed by atoms with Gasteiger partial charge in [0.2, 0.25) is 5.91 Å². The number of likely N-dealkylation sites (tertiary alicyclic amines) is 1. The van der Waals surface area contributed by atoms with Crippen molar-refractivity contribution in [3.05, 3.63) is 29.6 Å². The standard InChI is InChI=1S/C18H26FN3O2.ClH/c1-12(2)9-17(23)21-16-7-6-13(10-15(16)19)18(24)22-8-4-5-14(22)11-20-3;/h6-7,10,12,14,20H,4-5,8-9,11H2,1-3H3,(H,21,23);1H. The summed E-state index contributed by atoms with van der Waals surface area (Å²) in [5.74, 6) is -0.765. The highest BCUT2D eigenvalue weighted by Crippen LogP contribution is 2.22. The lowest BCUT2D eigenvalue weighted by Gasteiger charge is -2.24. The zero-order chi connectivity index (χ0) is 17.7. The maximum atomic E-state index is 14.2. The second kappa shape index (κ2) is 9.73. The lowest BCUT2D eigenvalue weighted by Crippen LogP contribution is -2.40. The monoisotopic (exact) mass is 371 g/mol. The molecule has 1 unspecified atom stereocenters. The van der Waals surface area contributed by atoms with E-state index < -0.39 is 5.82 Å². The number of anilines is 1. The first-order chi connectivity index (χ1) is 11.4. The largest absolute Gasteiger partial charge is 0.334 e. The predicted molar refractivity (Wildman–Crippen MR) is 99.7 cm³/mol. The Labute approximate surface area is 154 Å². The Bertz CT molecular complexity index is 610. The second-order valence-corrected chi connectivity index (χ2v) is 6.69. The van der Waals surface area contributed by atoms with Gasteiger partial charge in [-0.05, 0) is 44.0 Å². The Morgan fingerprint density at radius 3 is 2.68 bits per heavy atom. The van der Waals surface area contributed by atoms with Crippen molar-refractivity contribution in [2.24, 2.45) is 5.92 Å². The second-order valence-electron chi connectivity index (χ2n) is 6.69. The summed E-state index contributed by atoms with van der Waals surface area (Å²) in [6.45, 7) is 5.28. The van der Waals surface area contributed by atoms with Gasteiger partial charge in [0, 0.05) is 31.1 Å². The number of hydrogen-bond acceptors (Lipinski definition) is 3. The van der Waals surface area contributed by atoms with Gasteiger partial charge in [0.15, 0.2) is 0 Å². The molecule has 1 atom stereocenters. The maximum absolute atomic E-state index is 14.2. The van der Waals surface area contributed by atoms with Gasteiger partial charge in [0.1, 0.15) is 5.82 Å². The van der Waals surface area contributed by atoms with Crippen LogP contribution in [0.15, 0.2) is 18.2 Å². The molecule has 2 rings (SSSR count). The number of rotatable bonds is 6. The molecule has 2 amide bonds. The van der Waals surface area contributed by atoms with Gasteiger partial charge in [-0.15, -0.1) is 12.4 Å². The lowest BCUT2D eigenvalue weighted by molar-refractivity contribution is -0.116. The number of halogens is 2. The fraction of sp³-hybridized carbons (Fsp3) is 0.556. The predicted octanol–water partition coefficient (Wildman–Crippen LogP) is 3.06. The summed E-state index contributed by atoms with van der Waals surface area (Å²) in [4.78, 5) is 26.2. The zero-order valence-electron chi connectivity index (χ0n) is 15.0. The van der Waals surface area contributed by atoms with Crippen molar-refractivity contribution >= 4 is 29.9 Å². The summed E-state index contributed by atoms with van der Waals surface area (Å²) in [5, 5.41) is 5.65. The maximum Gasteiger partial charge on any atom is 0.254 e.